The second-order valence-electron chi connectivity index (χ2n) is 8.38. The average Bonchev–Trinajstić information content (AvgIpc) is 3.20. The highest BCUT2D eigenvalue weighted by Gasteiger charge is 2.31. The molecule has 1 aliphatic rings. The van der Waals surface area contributed by atoms with Gasteiger partial charge in [0.15, 0.2) is 5.78 Å². The summed E-state index contributed by atoms with van der Waals surface area (Å²) in [4.78, 5) is 43.1. The average molecular weight is 484 g/mol. The molecule has 1 N–H and O–H groups in total. The Bertz CT molecular complexity index is 1330. The lowest BCUT2D eigenvalue weighted by Gasteiger charge is -2.33. The Kier molecular flexibility index (Phi) is 6.47. The number of carbonyl (C=O) groups excluding carboxylic acids is 3. The number of Topliss-reactive ketones (excluding diaryl/α,β-unsaturated/α-hetero) is 1. The number of fused-ring (bicyclic) bond motifs is 1. The molecule has 2 aromatic carbocycles. The smallest absolute Gasteiger partial charge is 0.337 e. The summed E-state index contributed by atoms with van der Waals surface area (Å²) in [7, 11) is 0. The lowest BCUT2D eigenvalue weighted by molar-refractivity contribution is -0.137. The number of carbonyl (C=O) groups is 3. The van der Waals surface area contributed by atoms with Gasteiger partial charge in [-0.1, -0.05) is 12.6 Å². The van der Waals surface area contributed by atoms with E-state index in [-0.39, 0.29) is 29.2 Å². The molecule has 182 valence electrons. The molecular formula is C25H23F3N4O3. The van der Waals surface area contributed by atoms with Gasteiger partial charge in [0.05, 0.1) is 22.6 Å². The second-order valence-corrected chi connectivity index (χ2v) is 8.38. The Labute approximate surface area is 199 Å². The van der Waals surface area contributed by atoms with Gasteiger partial charge < -0.3 is 9.47 Å². The number of piperidine rings is 1. The van der Waals surface area contributed by atoms with Crippen molar-refractivity contribution in [2.45, 2.75) is 32.0 Å². The first kappa shape index (κ1) is 24.2. The number of halogens is 3. The molecule has 1 aliphatic heterocycles. The number of aromatic nitrogens is 2. The van der Waals surface area contributed by atoms with Gasteiger partial charge in [0.2, 0.25) is 11.9 Å². The molecule has 7 nitrogen and oxygen atoms in total. The van der Waals surface area contributed by atoms with Crippen LogP contribution in [0.4, 0.5) is 19.1 Å². The molecule has 0 unspecified atom stereocenters. The van der Waals surface area contributed by atoms with Crippen molar-refractivity contribution in [2.75, 3.05) is 18.4 Å². The summed E-state index contributed by atoms with van der Waals surface area (Å²) < 4.78 is 41.1. The molecule has 0 bridgehead atoms. The number of nitrogens with zero attached hydrogens (tertiary/aromatic N) is 3. The Morgan fingerprint density at radius 2 is 1.91 bits per heavy atom. The zero-order chi connectivity index (χ0) is 25.3. The van der Waals surface area contributed by atoms with Gasteiger partial charge in [0, 0.05) is 24.2 Å². The predicted molar refractivity (Wildman–Crippen MR) is 124 cm³/mol. The summed E-state index contributed by atoms with van der Waals surface area (Å²) in [6, 6.07) is 8.84. The van der Waals surface area contributed by atoms with Gasteiger partial charge in [-0.3, -0.25) is 19.7 Å². The van der Waals surface area contributed by atoms with Crippen LogP contribution in [0.5, 0.6) is 0 Å². The third-order valence-corrected chi connectivity index (χ3v) is 6.02. The zero-order valence-corrected chi connectivity index (χ0v) is 18.9. The van der Waals surface area contributed by atoms with Crippen molar-refractivity contribution in [3.63, 3.8) is 0 Å². The monoisotopic (exact) mass is 484 g/mol. The molecule has 0 saturated carbocycles. The van der Waals surface area contributed by atoms with Gasteiger partial charge in [-0.05, 0) is 62.2 Å². The third kappa shape index (κ3) is 4.96. The van der Waals surface area contributed by atoms with E-state index in [1.807, 2.05) is 0 Å². The zero-order valence-electron chi connectivity index (χ0n) is 18.9. The Morgan fingerprint density at radius 3 is 2.60 bits per heavy atom. The van der Waals surface area contributed by atoms with Crippen molar-refractivity contribution in [2.24, 2.45) is 0 Å². The first-order chi connectivity index (χ1) is 16.6. The summed E-state index contributed by atoms with van der Waals surface area (Å²) in [5.74, 6) is -1.00. The maximum atomic E-state index is 13.1. The minimum absolute atomic E-state index is 0.126. The molecule has 2 amide bonds. The number of likely N-dealkylation sites (tertiary alicyclic amines) is 1. The van der Waals surface area contributed by atoms with E-state index in [1.165, 1.54) is 25.1 Å². The van der Waals surface area contributed by atoms with Gasteiger partial charge >= 0.3 is 6.18 Å². The van der Waals surface area contributed by atoms with Gasteiger partial charge in [0.1, 0.15) is 0 Å². The number of ketones is 1. The normalized spacial score (nSPS) is 16.2. The third-order valence-electron chi connectivity index (χ3n) is 6.02. The van der Waals surface area contributed by atoms with Crippen LogP contribution < -0.4 is 5.32 Å². The highest BCUT2D eigenvalue weighted by atomic mass is 19.4. The van der Waals surface area contributed by atoms with Crippen molar-refractivity contribution in [1.29, 1.82) is 0 Å². The number of benzene rings is 2. The molecule has 1 atom stereocenters. The Hall–Kier alpha value is -3.95. The fourth-order valence-corrected chi connectivity index (χ4v) is 4.28. The van der Waals surface area contributed by atoms with E-state index in [4.69, 9.17) is 0 Å². The molecule has 1 aromatic heterocycles. The van der Waals surface area contributed by atoms with Crippen LogP contribution in [0.1, 0.15) is 52.1 Å². The van der Waals surface area contributed by atoms with Crippen LogP contribution in [0.3, 0.4) is 0 Å². The number of amides is 2. The van der Waals surface area contributed by atoms with Crippen LogP contribution in [0.2, 0.25) is 0 Å². The molecule has 0 aliphatic carbocycles. The number of hydrogen-bond donors (Lipinski definition) is 1. The van der Waals surface area contributed by atoms with E-state index in [2.05, 4.69) is 16.9 Å². The molecule has 3 aromatic rings. The molecule has 35 heavy (non-hydrogen) atoms. The highest BCUT2D eigenvalue weighted by molar-refractivity contribution is 6.04. The SMILES string of the molecule is C=CC(=O)N1CCC[C@@H](n2c(NC(=O)c3cccc(C(F)(F)F)c3)nc3cc(C(C)=O)ccc32)C1. The second kappa shape index (κ2) is 9.36. The van der Waals surface area contributed by atoms with E-state index in [9.17, 15) is 27.6 Å². The fourth-order valence-electron chi connectivity index (χ4n) is 4.28. The van der Waals surface area contributed by atoms with E-state index < -0.39 is 17.6 Å². The number of hydrogen-bond acceptors (Lipinski definition) is 4. The Morgan fingerprint density at radius 1 is 1.14 bits per heavy atom. The van der Waals surface area contributed by atoms with Gasteiger partial charge in [-0.25, -0.2) is 4.98 Å². The van der Waals surface area contributed by atoms with E-state index in [1.54, 1.807) is 27.7 Å². The summed E-state index contributed by atoms with van der Waals surface area (Å²) in [6.45, 7) is 5.87. The number of alkyl halides is 3. The predicted octanol–water partition coefficient (Wildman–Crippen LogP) is 4.86. The molecule has 10 heteroatoms. The summed E-state index contributed by atoms with van der Waals surface area (Å²) in [5, 5.41) is 2.64. The molecule has 4 rings (SSSR count). The van der Waals surface area contributed by atoms with Gasteiger partial charge in [-0.15, -0.1) is 0 Å². The summed E-state index contributed by atoms with van der Waals surface area (Å²) >= 11 is 0. The number of nitrogens with one attached hydrogen (secondary N) is 1. The standard InChI is InChI=1S/C25H23F3N4O3/c1-3-22(34)31-11-5-8-19(14-31)32-21-10-9-16(15(2)33)13-20(21)29-24(32)30-23(35)17-6-4-7-18(12-17)25(26,27)28/h3-4,6-7,9-10,12-13,19H,1,5,8,11,14H2,2H3,(H,29,30,35)/t19-/m1/s1. The number of rotatable bonds is 5. The molecule has 0 spiro atoms. The van der Waals surface area contributed by atoms with E-state index in [0.29, 0.717) is 42.5 Å². The molecule has 2 heterocycles. The van der Waals surface area contributed by atoms with Crippen molar-refractivity contribution < 1.29 is 27.6 Å². The molecule has 1 saturated heterocycles. The van der Waals surface area contributed by atoms with Crippen LogP contribution >= 0.6 is 0 Å². The van der Waals surface area contributed by atoms with Crippen LogP contribution in [0.25, 0.3) is 11.0 Å². The first-order valence-corrected chi connectivity index (χ1v) is 11.0. The topological polar surface area (TPSA) is 84.3 Å². The van der Waals surface area contributed by atoms with Crippen LogP contribution in [-0.2, 0) is 11.0 Å². The number of anilines is 1. The van der Waals surface area contributed by atoms with E-state index in [0.717, 1.165) is 12.1 Å². The summed E-state index contributed by atoms with van der Waals surface area (Å²) in [6.07, 6.45) is -1.95. The first-order valence-electron chi connectivity index (χ1n) is 11.0. The molecule has 1 fully saturated rings. The molecular weight excluding hydrogens is 461 g/mol. The number of imidazole rings is 1. The van der Waals surface area contributed by atoms with Crippen molar-refractivity contribution in [1.82, 2.24) is 14.5 Å². The Balaban J connectivity index is 1.75. The van der Waals surface area contributed by atoms with Gasteiger partial charge in [-0.2, -0.15) is 13.2 Å². The van der Waals surface area contributed by atoms with Crippen molar-refractivity contribution in [3.05, 3.63) is 71.8 Å². The summed E-state index contributed by atoms with van der Waals surface area (Å²) in [5.41, 5.74) is 0.409. The van der Waals surface area contributed by atoms with Crippen molar-refractivity contribution in [3.8, 4) is 0 Å². The van der Waals surface area contributed by atoms with Crippen LogP contribution in [0, 0.1) is 0 Å². The highest BCUT2D eigenvalue weighted by Crippen LogP contribution is 2.32. The lowest BCUT2D eigenvalue weighted by Crippen LogP contribution is -2.40. The fraction of sp³-hybridized carbons (Fsp3) is 0.280. The van der Waals surface area contributed by atoms with Crippen LogP contribution in [-0.4, -0.2) is 45.1 Å². The maximum Gasteiger partial charge on any atom is 0.416 e. The minimum atomic E-state index is -4.59. The quantitative estimate of drug-likeness (QED) is 0.414. The maximum absolute atomic E-state index is 13.1. The molecule has 0 radical (unpaired) electrons. The minimum Gasteiger partial charge on any atom is -0.337 e. The van der Waals surface area contributed by atoms with Crippen LogP contribution in [0.15, 0.2) is 55.1 Å². The van der Waals surface area contributed by atoms with Crippen molar-refractivity contribution >= 4 is 34.6 Å². The lowest BCUT2D eigenvalue weighted by atomic mass is 10.0. The van der Waals surface area contributed by atoms with E-state index >= 15 is 0 Å². The van der Waals surface area contributed by atoms with Gasteiger partial charge in [0.25, 0.3) is 5.91 Å². The largest absolute Gasteiger partial charge is 0.416 e.